The summed E-state index contributed by atoms with van der Waals surface area (Å²) in [5.41, 5.74) is 2.34. The van der Waals surface area contributed by atoms with E-state index in [0.29, 0.717) is 45.6 Å². The van der Waals surface area contributed by atoms with E-state index in [1.54, 1.807) is 12.1 Å². The van der Waals surface area contributed by atoms with Crippen LogP contribution in [0.25, 0.3) is 10.9 Å². The molecule has 3 heterocycles. The molecule has 12 heteroatoms. The first-order valence-electron chi connectivity index (χ1n) is 13.5. The molecule has 0 amide bonds. The number of aromatic nitrogens is 5. The fourth-order valence-corrected chi connectivity index (χ4v) is 4.96. The molecule has 1 saturated carbocycles. The smallest absolute Gasteiger partial charge is 0.383 e. The molecule has 9 nitrogen and oxygen atoms in total. The number of nitriles is 2. The molecule has 4 aromatic rings. The van der Waals surface area contributed by atoms with Gasteiger partial charge in [-0.15, -0.1) is 5.10 Å². The monoisotopic (exact) mass is 573 g/mol. The van der Waals surface area contributed by atoms with Crippen molar-refractivity contribution in [3.05, 3.63) is 70.4 Å². The molecule has 3 aromatic heterocycles. The topological polar surface area (TPSA) is 128 Å². The Morgan fingerprint density at radius 3 is 2.38 bits per heavy atom. The predicted octanol–water partition coefficient (Wildman–Crippen LogP) is 6.29. The highest BCUT2D eigenvalue weighted by Crippen LogP contribution is 2.55. The fourth-order valence-electron chi connectivity index (χ4n) is 4.96. The highest BCUT2D eigenvalue weighted by atomic mass is 19.4. The van der Waals surface area contributed by atoms with Gasteiger partial charge in [-0.1, -0.05) is 32.1 Å². The summed E-state index contributed by atoms with van der Waals surface area (Å²) in [6, 6.07) is 10.7. The zero-order valence-electron chi connectivity index (χ0n) is 23.9. The number of benzene rings is 1. The quantitative estimate of drug-likeness (QED) is 0.264. The SMILES string of the molecule is Cc1ccc([C@H](Nc2cc(C#N)c3ncc(C#N)c(NCC(C)(C)C)c3c2)c2cn(C3(C(F)(F)F)CC3)nn2)c(C)n1. The molecule has 0 aliphatic heterocycles. The van der Waals surface area contributed by atoms with Crippen molar-refractivity contribution in [3.8, 4) is 12.1 Å². The van der Waals surface area contributed by atoms with E-state index in [9.17, 15) is 23.7 Å². The predicted molar refractivity (Wildman–Crippen MR) is 152 cm³/mol. The summed E-state index contributed by atoms with van der Waals surface area (Å²) in [5, 5.41) is 35.2. The van der Waals surface area contributed by atoms with Crippen molar-refractivity contribution in [1.82, 2.24) is 25.0 Å². The third-order valence-electron chi connectivity index (χ3n) is 7.39. The Hall–Kier alpha value is -4.71. The summed E-state index contributed by atoms with van der Waals surface area (Å²) in [4.78, 5) is 8.95. The Bertz CT molecular complexity index is 1750. The molecule has 0 bridgehead atoms. The lowest BCUT2D eigenvalue weighted by Crippen LogP contribution is -2.35. The third-order valence-corrected chi connectivity index (χ3v) is 7.39. The Morgan fingerprint density at radius 1 is 1.07 bits per heavy atom. The third kappa shape index (κ3) is 5.32. The molecule has 216 valence electrons. The van der Waals surface area contributed by atoms with Crippen LogP contribution in [0.3, 0.4) is 0 Å². The first-order valence-corrected chi connectivity index (χ1v) is 13.5. The fraction of sp³-hybridized carbons (Fsp3) is 0.400. The summed E-state index contributed by atoms with van der Waals surface area (Å²) in [6.07, 6.45) is -1.80. The van der Waals surface area contributed by atoms with Gasteiger partial charge < -0.3 is 10.6 Å². The number of nitrogens with one attached hydrogen (secondary N) is 2. The van der Waals surface area contributed by atoms with E-state index in [1.807, 2.05) is 26.0 Å². The molecule has 1 aliphatic carbocycles. The molecule has 1 aliphatic rings. The lowest BCUT2D eigenvalue weighted by molar-refractivity contribution is -0.182. The molecule has 0 spiro atoms. The van der Waals surface area contributed by atoms with Crippen molar-refractivity contribution in [1.29, 1.82) is 10.5 Å². The minimum absolute atomic E-state index is 0.0583. The van der Waals surface area contributed by atoms with Crippen LogP contribution >= 0.6 is 0 Å². The van der Waals surface area contributed by atoms with Gasteiger partial charge in [-0.25, -0.2) is 4.68 Å². The number of aryl methyl sites for hydroxylation is 2. The number of rotatable bonds is 7. The number of alkyl halides is 3. The van der Waals surface area contributed by atoms with Gasteiger partial charge in [0.05, 0.1) is 34.6 Å². The highest BCUT2D eigenvalue weighted by Gasteiger charge is 2.66. The van der Waals surface area contributed by atoms with Gasteiger partial charge in [0.2, 0.25) is 0 Å². The minimum Gasteiger partial charge on any atom is -0.383 e. The number of pyridine rings is 2. The van der Waals surface area contributed by atoms with Crippen LogP contribution in [0, 0.1) is 41.9 Å². The van der Waals surface area contributed by atoms with E-state index < -0.39 is 17.8 Å². The second kappa shape index (κ2) is 10.3. The molecule has 42 heavy (non-hydrogen) atoms. The summed E-state index contributed by atoms with van der Waals surface area (Å²) in [7, 11) is 0. The van der Waals surface area contributed by atoms with Gasteiger partial charge in [-0.3, -0.25) is 9.97 Å². The molecule has 0 saturated heterocycles. The van der Waals surface area contributed by atoms with Gasteiger partial charge in [0.1, 0.15) is 17.8 Å². The van der Waals surface area contributed by atoms with Crippen LogP contribution in [-0.2, 0) is 5.54 Å². The van der Waals surface area contributed by atoms with Gasteiger partial charge in [-0.05, 0) is 50.3 Å². The molecule has 1 fully saturated rings. The van der Waals surface area contributed by atoms with Crippen molar-refractivity contribution in [2.24, 2.45) is 5.41 Å². The number of hydrogen-bond acceptors (Lipinski definition) is 8. The molecule has 1 atom stereocenters. The second-order valence-electron chi connectivity index (χ2n) is 11.9. The van der Waals surface area contributed by atoms with Crippen LogP contribution in [0.4, 0.5) is 24.5 Å². The van der Waals surface area contributed by atoms with Crippen LogP contribution in [-0.4, -0.2) is 37.7 Å². The Labute approximate surface area is 241 Å². The van der Waals surface area contributed by atoms with Crippen molar-refractivity contribution < 1.29 is 13.2 Å². The number of halogens is 3. The largest absolute Gasteiger partial charge is 0.413 e. The van der Waals surface area contributed by atoms with Crippen LogP contribution in [0.2, 0.25) is 0 Å². The number of nitrogens with zero attached hydrogens (tertiary/aromatic N) is 7. The van der Waals surface area contributed by atoms with Crippen LogP contribution in [0.5, 0.6) is 0 Å². The first kappa shape index (κ1) is 28.8. The lowest BCUT2D eigenvalue weighted by Gasteiger charge is -2.23. The van der Waals surface area contributed by atoms with E-state index in [0.717, 1.165) is 10.4 Å². The van der Waals surface area contributed by atoms with E-state index in [2.05, 4.69) is 63.8 Å². The van der Waals surface area contributed by atoms with Gasteiger partial charge in [-0.2, -0.15) is 23.7 Å². The summed E-state index contributed by atoms with van der Waals surface area (Å²) >= 11 is 0. The van der Waals surface area contributed by atoms with Gasteiger partial charge in [0.25, 0.3) is 0 Å². The highest BCUT2D eigenvalue weighted by molar-refractivity contribution is 5.99. The standard InChI is InChI=1S/C30H30F3N9/c1-17-6-7-22(18(2)38-17)27(24-15-42(41-40-24)29(8-9-29)30(31,32)33)39-21-10-19(12-34)25-23(11-21)26(20(13-35)14-36-25)37-16-28(3,4)5/h6-7,10-11,14-15,27,39H,8-9,16H2,1-5H3,(H,36,37)/t27-/m0/s1. The molecular weight excluding hydrogens is 543 g/mol. The summed E-state index contributed by atoms with van der Waals surface area (Å²) in [5.74, 6) is 0. The van der Waals surface area contributed by atoms with E-state index in [4.69, 9.17) is 0 Å². The maximum atomic E-state index is 13.9. The molecular formula is C30H30F3N9. The normalized spacial score (nSPS) is 15.1. The Kier molecular flexibility index (Phi) is 7.05. The van der Waals surface area contributed by atoms with Crippen LogP contribution in [0.1, 0.15) is 73.4 Å². The zero-order valence-corrected chi connectivity index (χ0v) is 23.9. The summed E-state index contributed by atoms with van der Waals surface area (Å²) < 4.78 is 42.5. The minimum atomic E-state index is -4.45. The summed E-state index contributed by atoms with van der Waals surface area (Å²) in [6.45, 7) is 10.4. The van der Waals surface area contributed by atoms with E-state index in [-0.39, 0.29) is 29.5 Å². The van der Waals surface area contributed by atoms with Gasteiger partial charge in [0.15, 0.2) is 5.54 Å². The molecule has 5 rings (SSSR count). The molecule has 0 radical (unpaired) electrons. The van der Waals surface area contributed by atoms with Crippen molar-refractivity contribution in [2.45, 2.75) is 65.2 Å². The average Bonchev–Trinajstić information content (AvgIpc) is 3.61. The maximum Gasteiger partial charge on any atom is 0.413 e. The Balaban J connectivity index is 1.64. The zero-order chi connectivity index (χ0) is 30.4. The van der Waals surface area contributed by atoms with Gasteiger partial charge >= 0.3 is 6.18 Å². The Morgan fingerprint density at radius 2 is 1.79 bits per heavy atom. The second-order valence-corrected chi connectivity index (χ2v) is 11.9. The lowest BCUT2D eigenvalue weighted by atomic mass is 9.96. The maximum absolute atomic E-state index is 13.9. The van der Waals surface area contributed by atoms with Crippen LogP contribution < -0.4 is 10.6 Å². The van der Waals surface area contributed by atoms with Crippen LogP contribution in [0.15, 0.2) is 36.7 Å². The molecule has 0 unspecified atom stereocenters. The van der Waals surface area contributed by atoms with E-state index in [1.165, 1.54) is 12.4 Å². The van der Waals surface area contributed by atoms with E-state index >= 15 is 0 Å². The van der Waals surface area contributed by atoms with Gasteiger partial charge in [0, 0.05) is 40.8 Å². The average molecular weight is 574 g/mol. The number of hydrogen-bond donors (Lipinski definition) is 2. The number of fused-ring (bicyclic) bond motifs is 1. The van der Waals surface area contributed by atoms with Crippen molar-refractivity contribution in [2.75, 3.05) is 17.2 Å². The number of anilines is 2. The van der Waals surface area contributed by atoms with Crippen molar-refractivity contribution >= 4 is 22.3 Å². The molecule has 2 N–H and O–H groups in total. The molecule has 1 aromatic carbocycles. The first-order chi connectivity index (χ1) is 19.8. The van der Waals surface area contributed by atoms with Crippen molar-refractivity contribution in [3.63, 3.8) is 0 Å².